The number of thiazole rings is 1. The number of carbonyl (C=O) groups is 6. The van der Waals surface area contributed by atoms with Gasteiger partial charge in [-0.05, 0) is 65.0 Å². The Morgan fingerprint density at radius 2 is 1.57 bits per heavy atom. The minimum atomic E-state index is -3.65. The number of hydrogen-bond donors (Lipinski definition) is 6. The molecule has 58 heavy (non-hydrogen) atoms. The van der Waals surface area contributed by atoms with E-state index in [1.807, 2.05) is 6.92 Å². The van der Waals surface area contributed by atoms with Gasteiger partial charge in [0.05, 0.1) is 41.9 Å². The summed E-state index contributed by atoms with van der Waals surface area (Å²) in [6, 6.07) is 0. The number of ketones is 5. The minimum Gasteiger partial charge on any atom is -0.458 e. The van der Waals surface area contributed by atoms with E-state index in [0.29, 0.717) is 31.0 Å². The third kappa shape index (κ3) is 8.82. The second kappa shape index (κ2) is 17.8. The van der Waals surface area contributed by atoms with Crippen molar-refractivity contribution in [2.75, 3.05) is 0 Å². The Bertz CT molecular complexity index is 1790. The van der Waals surface area contributed by atoms with Gasteiger partial charge in [0.15, 0.2) is 35.0 Å². The third-order valence-corrected chi connectivity index (χ3v) is 13.0. The van der Waals surface area contributed by atoms with Crippen LogP contribution in [0.2, 0.25) is 0 Å². The molecule has 324 valence electrons. The van der Waals surface area contributed by atoms with E-state index in [0.717, 1.165) is 38.5 Å². The maximum absolute atomic E-state index is 13.4. The van der Waals surface area contributed by atoms with Crippen LogP contribution in [0.5, 0.6) is 0 Å². The molecule has 0 bridgehead atoms. The number of rotatable bonds is 10. The monoisotopic (exact) mass is 839 g/mol. The van der Waals surface area contributed by atoms with E-state index in [-0.39, 0.29) is 35.3 Å². The summed E-state index contributed by atoms with van der Waals surface area (Å²) in [6.07, 6.45) is -6.97. The molecule has 1 unspecified atom stereocenters. The number of epoxide rings is 1. The highest BCUT2D eigenvalue weighted by molar-refractivity contribution is 7.09. The zero-order valence-electron chi connectivity index (χ0n) is 34.3. The normalized spacial score (nSPS) is 38.3. The topological polar surface area (TPSA) is 277 Å². The molecule has 4 rings (SSSR count). The molecule has 3 saturated heterocycles. The number of Topliss-reactive ketones (excluding diaryl/α,β-unsaturated/α-hetero) is 5. The molecular weight excluding hydrogens is 782 g/mol. The Morgan fingerprint density at radius 3 is 2.14 bits per heavy atom. The van der Waals surface area contributed by atoms with Crippen LogP contribution in [0.1, 0.15) is 105 Å². The van der Waals surface area contributed by atoms with E-state index >= 15 is 0 Å². The lowest BCUT2D eigenvalue weighted by Gasteiger charge is -2.57. The highest BCUT2D eigenvalue weighted by Crippen LogP contribution is 2.48. The molecule has 4 heterocycles. The Labute approximate surface area is 340 Å². The lowest BCUT2D eigenvalue weighted by molar-refractivity contribution is -0.374. The number of aliphatic hydroxyl groups excluding tert-OH is 3. The van der Waals surface area contributed by atoms with Crippen molar-refractivity contribution in [3.63, 3.8) is 0 Å². The van der Waals surface area contributed by atoms with Gasteiger partial charge < -0.3 is 49.6 Å². The number of hydrogen-bond acceptors (Lipinski definition) is 18. The summed E-state index contributed by atoms with van der Waals surface area (Å²) in [5, 5.41) is 69.4. The number of ether oxygens (including phenoxy) is 4. The molecule has 0 spiro atoms. The maximum atomic E-state index is 13.4. The fourth-order valence-corrected chi connectivity index (χ4v) is 8.70. The quantitative estimate of drug-likeness (QED) is 0.141. The van der Waals surface area contributed by atoms with Gasteiger partial charge in [0.2, 0.25) is 11.2 Å². The molecule has 3 fully saturated rings. The molecule has 1 aromatic rings. The first-order valence-electron chi connectivity index (χ1n) is 19.3. The molecule has 13 atom stereocenters. The lowest BCUT2D eigenvalue weighted by Crippen LogP contribution is -2.87. The van der Waals surface area contributed by atoms with Crippen molar-refractivity contribution in [3.8, 4) is 0 Å². The summed E-state index contributed by atoms with van der Waals surface area (Å²) in [7, 11) is 0. The standard InChI is InChI=1S/C40H57NO16S/c1-18-11-10-12-26-28(55-26)14-27(56-31(47)15-29(46)37(8,9)34(50)20(3)32(18)48)19(2)13-25-17-58-30(41-25)16-54-36-39(52,23(6)44)40(53,24(7)45)38(51,22(5)43)35(57-36)33(49)21(4)42/h13,17-18,20,26-29,32-33,35-36,46,48-49,51-53H,10-12,14-16H2,1-9H3/b19-13+/t18-,20-,26-,27+,28+,29+,32+,33?,35-,36+,38-,39+,40+/m1/s1. The highest BCUT2D eigenvalue weighted by Gasteiger charge is 2.79. The van der Waals surface area contributed by atoms with E-state index in [1.165, 1.54) is 13.8 Å². The van der Waals surface area contributed by atoms with Crippen molar-refractivity contribution in [3.05, 3.63) is 21.7 Å². The van der Waals surface area contributed by atoms with Gasteiger partial charge >= 0.3 is 5.97 Å². The van der Waals surface area contributed by atoms with Crippen molar-refractivity contribution >= 4 is 52.3 Å². The Balaban J connectivity index is 1.59. The summed E-state index contributed by atoms with van der Waals surface area (Å²) in [5.41, 5.74) is -11.0. The van der Waals surface area contributed by atoms with Crippen molar-refractivity contribution in [2.45, 2.75) is 167 Å². The Kier molecular flexibility index (Phi) is 14.6. The molecule has 1 aromatic heterocycles. The number of aromatic nitrogens is 1. The minimum absolute atomic E-state index is 0.100. The van der Waals surface area contributed by atoms with Gasteiger partial charge in [-0.15, -0.1) is 11.3 Å². The lowest BCUT2D eigenvalue weighted by atomic mass is 9.60. The van der Waals surface area contributed by atoms with Gasteiger partial charge in [-0.1, -0.05) is 34.1 Å². The van der Waals surface area contributed by atoms with Gasteiger partial charge in [-0.25, -0.2) is 4.98 Å². The average molecular weight is 840 g/mol. The molecule has 6 N–H and O–H groups in total. The first kappa shape index (κ1) is 47.5. The van der Waals surface area contributed by atoms with Gasteiger partial charge in [0.1, 0.15) is 35.7 Å². The van der Waals surface area contributed by atoms with Crippen LogP contribution >= 0.6 is 11.3 Å². The van der Waals surface area contributed by atoms with Crippen LogP contribution in [-0.4, -0.2) is 136 Å². The van der Waals surface area contributed by atoms with E-state index in [9.17, 15) is 59.4 Å². The molecule has 0 radical (unpaired) electrons. The fourth-order valence-electron chi connectivity index (χ4n) is 8.03. The SMILES string of the molecule is CC(=O)C(O)[C@H]1O[C@H](OCc2nc(/C=C(\C)[C@@H]3C[C@@H]4O[C@@H]4CCC[C@@H](C)[C@H](O)[C@@H](C)C(=O)C(C)(C)[C@@H](O)CC(=O)O3)cs2)[C@@](O)(C(C)=O)[C@](O)(C(C)=O)[C@@]1(O)C(C)=O. The van der Waals surface area contributed by atoms with Crippen molar-refractivity contribution in [2.24, 2.45) is 17.3 Å². The summed E-state index contributed by atoms with van der Waals surface area (Å²) in [6.45, 7) is 10.8. The van der Waals surface area contributed by atoms with E-state index in [4.69, 9.17) is 18.9 Å². The van der Waals surface area contributed by atoms with Gasteiger partial charge in [-0.2, -0.15) is 0 Å². The summed E-state index contributed by atoms with van der Waals surface area (Å²) >= 11 is 1.04. The Morgan fingerprint density at radius 1 is 0.948 bits per heavy atom. The first-order valence-corrected chi connectivity index (χ1v) is 20.2. The molecule has 17 nitrogen and oxygen atoms in total. The molecule has 0 aliphatic carbocycles. The van der Waals surface area contributed by atoms with Crippen molar-refractivity contribution in [1.29, 1.82) is 0 Å². The van der Waals surface area contributed by atoms with Crippen LogP contribution in [-0.2, 0) is 54.3 Å². The second-order valence-corrected chi connectivity index (χ2v) is 17.6. The number of esters is 1. The van der Waals surface area contributed by atoms with Gasteiger partial charge in [0, 0.05) is 17.7 Å². The zero-order valence-corrected chi connectivity index (χ0v) is 35.1. The molecule has 3 aliphatic rings. The van der Waals surface area contributed by atoms with Crippen LogP contribution in [0.25, 0.3) is 6.08 Å². The van der Waals surface area contributed by atoms with Crippen LogP contribution in [0.4, 0.5) is 0 Å². The predicted molar refractivity (Wildman–Crippen MR) is 204 cm³/mol. The number of aliphatic hydroxyl groups is 6. The molecule has 0 saturated carbocycles. The van der Waals surface area contributed by atoms with E-state index in [1.54, 1.807) is 25.3 Å². The molecule has 3 aliphatic heterocycles. The van der Waals surface area contributed by atoms with Crippen LogP contribution in [0.3, 0.4) is 0 Å². The number of nitrogens with zero attached hydrogens (tertiary/aromatic N) is 1. The van der Waals surface area contributed by atoms with Crippen molar-refractivity contribution in [1.82, 2.24) is 4.98 Å². The maximum Gasteiger partial charge on any atom is 0.309 e. The first-order chi connectivity index (χ1) is 26.8. The van der Waals surface area contributed by atoms with E-state index < -0.39 is 107 Å². The second-order valence-electron chi connectivity index (χ2n) is 16.6. The summed E-state index contributed by atoms with van der Waals surface area (Å²) in [5.74, 6) is -7.33. The van der Waals surface area contributed by atoms with Crippen LogP contribution in [0, 0.1) is 17.3 Å². The molecule has 18 heteroatoms. The van der Waals surface area contributed by atoms with Gasteiger partial charge in [0.25, 0.3) is 0 Å². The molecule has 0 aromatic carbocycles. The molecular formula is C40H57NO16S. The zero-order chi connectivity index (χ0) is 43.9. The largest absolute Gasteiger partial charge is 0.458 e. The average Bonchev–Trinajstić information content (AvgIpc) is 3.73. The van der Waals surface area contributed by atoms with Crippen molar-refractivity contribution < 1.29 is 78.4 Å². The van der Waals surface area contributed by atoms with Gasteiger partial charge in [-0.3, -0.25) is 28.8 Å². The number of cyclic esters (lactones) is 1. The fraction of sp³-hybridized carbons (Fsp3) is 0.725. The predicted octanol–water partition coefficient (Wildman–Crippen LogP) is 0.931. The Hall–Kier alpha value is -3.17. The highest BCUT2D eigenvalue weighted by atomic mass is 32.1. The van der Waals surface area contributed by atoms with E-state index in [2.05, 4.69) is 4.98 Å². The van der Waals surface area contributed by atoms with Crippen LogP contribution in [0.15, 0.2) is 11.0 Å². The van der Waals surface area contributed by atoms with Crippen LogP contribution < -0.4 is 0 Å². The smallest absolute Gasteiger partial charge is 0.309 e. The summed E-state index contributed by atoms with van der Waals surface area (Å²) < 4.78 is 23.0. The third-order valence-electron chi connectivity index (χ3n) is 12.1. The number of carbonyl (C=O) groups excluding carboxylic acids is 6. The number of fused-ring (bicyclic) bond motifs is 1. The summed E-state index contributed by atoms with van der Waals surface area (Å²) in [4.78, 5) is 82.3. The molecule has 0 amide bonds.